The Bertz CT molecular complexity index is 615. The molecule has 0 bridgehead atoms. The molecule has 1 aromatic carbocycles. The van der Waals surface area contributed by atoms with Gasteiger partial charge in [-0.2, -0.15) is 0 Å². The van der Waals surface area contributed by atoms with Crippen molar-refractivity contribution in [3.8, 4) is 0 Å². The highest BCUT2D eigenvalue weighted by atomic mass is 32.1. The Balaban J connectivity index is 1.60. The number of aryl methyl sites for hydroxylation is 2. The lowest BCUT2D eigenvalue weighted by Crippen LogP contribution is -2.47. The van der Waals surface area contributed by atoms with E-state index in [4.69, 9.17) is 12.2 Å². The molecule has 4 heteroatoms. The molecule has 0 saturated heterocycles. The Morgan fingerprint density at radius 2 is 1.91 bits per heavy atom. The van der Waals surface area contributed by atoms with E-state index in [9.17, 15) is 0 Å². The molecule has 0 aliphatic heterocycles. The van der Waals surface area contributed by atoms with Crippen LogP contribution in [-0.4, -0.2) is 11.2 Å². The van der Waals surface area contributed by atoms with Crippen molar-refractivity contribution in [2.75, 3.05) is 0 Å². The number of rotatable bonds is 3. The van der Waals surface area contributed by atoms with Crippen LogP contribution in [0.5, 0.6) is 0 Å². The predicted octanol–water partition coefficient (Wildman–Crippen LogP) is 3.89. The summed E-state index contributed by atoms with van der Waals surface area (Å²) in [6.07, 6.45) is 10.9. The molecule has 0 aromatic heterocycles. The zero-order valence-corrected chi connectivity index (χ0v) is 15.0. The van der Waals surface area contributed by atoms with Crippen molar-refractivity contribution < 1.29 is 0 Å². The summed E-state index contributed by atoms with van der Waals surface area (Å²) in [7, 11) is 0. The van der Waals surface area contributed by atoms with E-state index in [0.29, 0.717) is 11.2 Å². The van der Waals surface area contributed by atoms with Crippen molar-refractivity contribution in [1.29, 1.82) is 0 Å². The summed E-state index contributed by atoms with van der Waals surface area (Å²) >= 11 is 5.44. The normalized spacial score (nSPS) is 17.9. The highest BCUT2D eigenvalue weighted by Gasteiger charge is 2.16. The average Bonchev–Trinajstić information content (AvgIpc) is 2.54. The molecule has 0 radical (unpaired) electrons. The summed E-state index contributed by atoms with van der Waals surface area (Å²) in [4.78, 5) is 0. The van der Waals surface area contributed by atoms with E-state index >= 15 is 0 Å². The SMILES string of the molecule is Cc1cc(C)c2c(c1)C(NNC(=S)NC1CCCCC1)=CCC2. The third-order valence-electron chi connectivity index (χ3n) is 4.90. The molecular formula is C19H27N3S. The van der Waals surface area contributed by atoms with Crippen molar-refractivity contribution >= 4 is 23.0 Å². The fraction of sp³-hybridized carbons (Fsp3) is 0.526. The second-order valence-corrected chi connectivity index (χ2v) is 7.23. The van der Waals surface area contributed by atoms with Crippen LogP contribution in [0.3, 0.4) is 0 Å². The van der Waals surface area contributed by atoms with Gasteiger partial charge in [0.25, 0.3) is 0 Å². The van der Waals surface area contributed by atoms with Gasteiger partial charge in [-0.05, 0) is 68.9 Å². The van der Waals surface area contributed by atoms with E-state index in [1.807, 2.05) is 0 Å². The molecule has 1 aromatic rings. The maximum Gasteiger partial charge on any atom is 0.185 e. The molecule has 2 aliphatic carbocycles. The van der Waals surface area contributed by atoms with Crippen molar-refractivity contribution in [2.24, 2.45) is 0 Å². The number of fused-ring (bicyclic) bond motifs is 1. The summed E-state index contributed by atoms with van der Waals surface area (Å²) < 4.78 is 0. The third-order valence-corrected chi connectivity index (χ3v) is 5.12. The molecule has 3 nitrogen and oxygen atoms in total. The minimum Gasteiger partial charge on any atom is -0.359 e. The van der Waals surface area contributed by atoms with Crippen molar-refractivity contribution in [3.63, 3.8) is 0 Å². The van der Waals surface area contributed by atoms with Crippen LogP contribution in [0.15, 0.2) is 18.2 Å². The predicted molar refractivity (Wildman–Crippen MR) is 101 cm³/mol. The van der Waals surface area contributed by atoms with Crippen LogP contribution >= 0.6 is 12.2 Å². The molecule has 124 valence electrons. The lowest BCUT2D eigenvalue weighted by Gasteiger charge is -2.26. The molecule has 3 rings (SSSR count). The summed E-state index contributed by atoms with van der Waals surface area (Å²) in [5, 5.41) is 4.14. The fourth-order valence-electron chi connectivity index (χ4n) is 3.75. The summed E-state index contributed by atoms with van der Waals surface area (Å²) in [5.41, 5.74) is 13.1. The van der Waals surface area contributed by atoms with Crippen LogP contribution in [0.4, 0.5) is 0 Å². The van der Waals surface area contributed by atoms with Gasteiger partial charge in [0.05, 0.1) is 5.70 Å². The van der Waals surface area contributed by atoms with Gasteiger partial charge in [0.1, 0.15) is 0 Å². The topological polar surface area (TPSA) is 36.1 Å². The first-order valence-corrected chi connectivity index (χ1v) is 9.17. The van der Waals surface area contributed by atoms with E-state index < -0.39 is 0 Å². The smallest absolute Gasteiger partial charge is 0.185 e. The maximum absolute atomic E-state index is 5.44. The van der Waals surface area contributed by atoms with Gasteiger partial charge in [0.2, 0.25) is 0 Å². The first kappa shape index (κ1) is 16.3. The number of hydrazine groups is 1. The molecule has 1 saturated carbocycles. The van der Waals surface area contributed by atoms with E-state index in [1.165, 1.54) is 54.4 Å². The van der Waals surface area contributed by atoms with Gasteiger partial charge in [-0.1, -0.05) is 37.0 Å². The summed E-state index contributed by atoms with van der Waals surface area (Å²) in [5.74, 6) is 0. The molecule has 0 atom stereocenters. The highest BCUT2D eigenvalue weighted by Crippen LogP contribution is 2.28. The van der Waals surface area contributed by atoms with Gasteiger partial charge in [-0.15, -0.1) is 0 Å². The quantitative estimate of drug-likeness (QED) is 0.581. The molecule has 0 spiro atoms. The Labute approximate surface area is 144 Å². The van der Waals surface area contributed by atoms with E-state index in [2.05, 4.69) is 48.2 Å². The van der Waals surface area contributed by atoms with Crippen LogP contribution in [0.1, 0.15) is 60.8 Å². The van der Waals surface area contributed by atoms with Gasteiger partial charge in [0, 0.05) is 11.6 Å². The summed E-state index contributed by atoms with van der Waals surface area (Å²) in [6.45, 7) is 4.36. The molecular weight excluding hydrogens is 302 g/mol. The van der Waals surface area contributed by atoms with Gasteiger partial charge >= 0.3 is 0 Å². The zero-order valence-electron chi connectivity index (χ0n) is 14.2. The Morgan fingerprint density at radius 1 is 1.13 bits per heavy atom. The Morgan fingerprint density at radius 3 is 2.70 bits per heavy atom. The van der Waals surface area contributed by atoms with Gasteiger partial charge in [0.15, 0.2) is 5.11 Å². The minimum absolute atomic E-state index is 0.530. The van der Waals surface area contributed by atoms with Gasteiger partial charge in [-0.25, -0.2) is 0 Å². The third kappa shape index (κ3) is 4.05. The van der Waals surface area contributed by atoms with E-state index in [0.717, 1.165) is 18.5 Å². The fourth-order valence-corrected chi connectivity index (χ4v) is 3.97. The zero-order chi connectivity index (χ0) is 16.2. The first-order valence-electron chi connectivity index (χ1n) is 8.76. The Hall–Kier alpha value is -1.55. The molecule has 1 fully saturated rings. The van der Waals surface area contributed by atoms with Crippen LogP contribution in [0, 0.1) is 13.8 Å². The van der Waals surface area contributed by atoms with Crippen molar-refractivity contribution in [3.05, 3.63) is 40.5 Å². The second kappa shape index (κ2) is 7.35. The first-order chi connectivity index (χ1) is 11.1. The molecule has 2 aliphatic rings. The second-order valence-electron chi connectivity index (χ2n) is 6.82. The Kier molecular flexibility index (Phi) is 5.21. The number of thiocarbonyl (C=S) groups is 1. The molecule has 0 heterocycles. The lowest BCUT2D eigenvalue weighted by molar-refractivity contribution is 0.411. The average molecular weight is 330 g/mol. The number of allylic oxidation sites excluding steroid dienone is 1. The van der Waals surface area contributed by atoms with Crippen LogP contribution in [-0.2, 0) is 6.42 Å². The van der Waals surface area contributed by atoms with Crippen LogP contribution in [0.25, 0.3) is 5.70 Å². The number of benzene rings is 1. The van der Waals surface area contributed by atoms with E-state index in [1.54, 1.807) is 0 Å². The highest BCUT2D eigenvalue weighted by molar-refractivity contribution is 7.80. The number of hydrogen-bond donors (Lipinski definition) is 3. The molecule has 0 amide bonds. The van der Waals surface area contributed by atoms with Crippen molar-refractivity contribution in [1.82, 2.24) is 16.2 Å². The number of nitrogens with one attached hydrogen (secondary N) is 3. The molecule has 3 N–H and O–H groups in total. The monoisotopic (exact) mass is 329 g/mol. The van der Waals surface area contributed by atoms with Crippen LogP contribution in [0.2, 0.25) is 0 Å². The number of hydrogen-bond acceptors (Lipinski definition) is 2. The molecule has 23 heavy (non-hydrogen) atoms. The van der Waals surface area contributed by atoms with Crippen molar-refractivity contribution in [2.45, 2.75) is 64.8 Å². The van der Waals surface area contributed by atoms with Gasteiger partial charge < -0.3 is 5.32 Å². The standard InChI is InChI=1S/C19H27N3S/c1-13-11-14(2)16-9-6-10-18(17(16)12-13)21-22-19(23)20-15-7-4-3-5-8-15/h10-12,15,21H,3-9H2,1-2H3,(H2,20,22,23). The largest absolute Gasteiger partial charge is 0.359 e. The summed E-state index contributed by atoms with van der Waals surface area (Å²) in [6, 6.07) is 5.06. The maximum atomic E-state index is 5.44. The lowest BCUT2D eigenvalue weighted by atomic mass is 9.90. The van der Waals surface area contributed by atoms with Gasteiger partial charge in [-0.3, -0.25) is 10.9 Å². The van der Waals surface area contributed by atoms with Crippen LogP contribution < -0.4 is 16.2 Å². The minimum atomic E-state index is 0.530. The van der Waals surface area contributed by atoms with E-state index in [-0.39, 0.29) is 0 Å². The molecule has 0 unspecified atom stereocenters.